The second kappa shape index (κ2) is 9.24. The number of benzene rings is 1. The standard InChI is InChI=1S/C23H18Cl2N6O4/c1-3-12-6-17(16(25)7-27-12)29-18(32)9-31-8-14(19-22(31)28-10-30(2)23(19)35)11-4-13(21(26)34)20(33)15(24)5-11/h3-8,10,33H,1,9H2,2H3,(H2,26,34)(H,27,29,32). The van der Waals surface area contributed by atoms with Crippen molar-refractivity contribution in [1.29, 1.82) is 0 Å². The van der Waals surface area contributed by atoms with Gasteiger partial charge in [-0.15, -0.1) is 0 Å². The normalized spacial score (nSPS) is 10.9. The smallest absolute Gasteiger partial charge is 0.263 e. The van der Waals surface area contributed by atoms with Gasteiger partial charge in [0.25, 0.3) is 11.5 Å². The molecule has 1 aromatic carbocycles. The number of pyridine rings is 1. The van der Waals surface area contributed by atoms with Gasteiger partial charge < -0.3 is 25.3 Å². The van der Waals surface area contributed by atoms with Crippen molar-refractivity contribution in [1.82, 2.24) is 19.1 Å². The van der Waals surface area contributed by atoms with Gasteiger partial charge in [-0.3, -0.25) is 19.4 Å². The van der Waals surface area contributed by atoms with Crippen LogP contribution in [-0.4, -0.2) is 36.0 Å². The van der Waals surface area contributed by atoms with Gasteiger partial charge in [0.15, 0.2) is 0 Å². The number of anilines is 1. The average Bonchev–Trinajstić information content (AvgIpc) is 3.17. The number of aryl methyl sites for hydroxylation is 1. The summed E-state index contributed by atoms with van der Waals surface area (Å²) in [4.78, 5) is 46.0. The fourth-order valence-electron chi connectivity index (χ4n) is 3.55. The third kappa shape index (κ3) is 4.48. The summed E-state index contributed by atoms with van der Waals surface area (Å²) in [6.45, 7) is 3.43. The van der Waals surface area contributed by atoms with Gasteiger partial charge in [-0.25, -0.2) is 4.98 Å². The predicted octanol–water partition coefficient (Wildman–Crippen LogP) is 3.19. The number of phenols is 1. The Hall–Kier alpha value is -4.15. The highest BCUT2D eigenvalue weighted by Gasteiger charge is 2.21. The van der Waals surface area contributed by atoms with Crippen molar-refractivity contribution in [2.24, 2.45) is 12.8 Å². The third-order valence-corrected chi connectivity index (χ3v) is 5.84. The van der Waals surface area contributed by atoms with Crippen molar-refractivity contribution in [3.8, 4) is 16.9 Å². The molecule has 35 heavy (non-hydrogen) atoms. The molecule has 0 aliphatic carbocycles. The fraction of sp³-hybridized carbons (Fsp3) is 0.0870. The molecule has 0 unspecified atom stereocenters. The number of hydrogen-bond acceptors (Lipinski definition) is 6. The van der Waals surface area contributed by atoms with Crippen LogP contribution in [0.25, 0.3) is 28.2 Å². The number of primary amides is 1. The van der Waals surface area contributed by atoms with Gasteiger partial charge in [0.05, 0.1) is 38.7 Å². The lowest BCUT2D eigenvalue weighted by Gasteiger charge is -2.09. The van der Waals surface area contributed by atoms with Gasteiger partial charge in [0.2, 0.25) is 5.91 Å². The van der Waals surface area contributed by atoms with Crippen LogP contribution in [0.3, 0.4) is 0 Å². The summed E-state index contributed by atoms with van der Waals surface area (Å²) >= 11 is 12.2. The number of aromatic nitrogens is 4. The summed E-state index contributed by atoms with van der Waals surface area (Å²) < 4.78 is 2.76. The first-order chi connectivity index (χ1) is 16.6. The number of carbonyl (C=O) groups excluding carboxylic acids is 2. The number of nitrogens with zero attached hydrogens (tertiary/aromatic N) is 4. The maximum Gasteiger partial charge on any atom is 0.263 e. The van der Waals surface area contributed by atoms with Crippen molar-refractivity contribution in [3.05, 3.63) is 75.2 Å². The molecule has 0 aliphatic heterocycles. The second-order valence-electron chi connectivity index (χ2n) is 7.59. The van der Waals surface area contributed by atoms with E-state index >= 15 is 0 Å². The Morgan fingerprint density at radius 2 is 1.97 bits per heavy atom. The zero-order chi connectivity index (χ0) is 25.4. The Morgan fingerprint density at radius 3 is 2.66 bits per heavy atom. The highest BCUT2D eigenvalue weighted by molar-refractivity contribution is 6.33. The molecule has 4 rings (SSSR count). The van der Waals surface area contributed by atoms with Crippen LogP contribution in [-0.2, 0) is 18.4 Å². The van der Waals surface area contributed by atoms with Gasteiger partial charge in [-0.1, -0.05) is 29.8 Å². The number of nitrogens with two attached hydrogens (primary N) is 1. The molecule has 4 aromatic rings. The van der Waals surface area contributed by atoms with Gasteiger partial charge in [-0.2, -0.15) is 0 Å². The first kappa shape index (κ1) is 24.0. The Bertz CT molecular complexity index is 1590. The largest absolute Gasteiger partial charge is 0.506 e. The van der Waals surface area contributed by atoms with Crippen LogP contribution < -0.4 is 16.6 Å². The van der Waals surface area contributed by atoms with E-state index in [0.29, 0.717) is 22.5 Å². The topological polar surface area (TPSA) is 145 Å². The molecule has 0 spiro atoms. The summed E-state index contributed by atoms with van der Waals surface area (Å²) in [5.41, 5.74) is 6.55. The zero-order valence-electron chi connectivity index (χ0n) is 18.2. The van der Waals surface area contributed by atoms with Crippen molar-refractivity contribution in [2.75, 3.05) is 5.32 Å². The summed E-state index contributed by atoms with van der Waals surface area (Å²) in [7, 11) is 1.53. The molecule has 0 radical (unpaired) electrons. The first-order valence-corrected chi connectivity index (χ1v) is 10.8. The van der Waals surface area contributed by atoms with E-state index in [9.17, 15) is 19.5 Å². The molecule has 178 valence electrons. The number of aromatic hydroxyl groups is 1. The Labute approximate surface area is 208 Å². The van der Waals surface area contributed by atoms with Crippen LogP contribution in [0.2, 0.25) is 10.0 Å². The van der Waals surface area contributed by atoms with Crippen LogP contribution in [0.5, 0.6) is 5.75 Å². The molecule has 3 aromatic heterocycles. The number of carbonyl (C=O) groups is 2. The molecule has 10 nitrogen and oxygen atoms in total. The van der Waals surface area contributed by atoms with Crippen molar-refractivity contribution in [2.45, 2.75) is 6.54 Å². The minimum absolute atomic E-state index is 0.124. The quantitative estimate of drug-likeness (QED) is 0.361. The molecule has 0 aliphatic rings. The lowest BCUT2D eigenvalue weighted by Crippen LogP contribution is -2.20. The van der Waals surface area contributed by atoms with Crippen molar-refractivity contribution >= 4 is 57.8 Å². The molecular formula is C23H18Cl2N6O4. The summed E-state index contributed by atoms with van der Waals surface area (Å²) in [6, 6.07) is 4.29. The minimum Gasteiger partial charge on any atom is -0.506 e. The predicted molar refractivity (Wildman–Crippen MR) is 134 cm³/mol. The fourth-order valence-corrected chi connectivity index (χ4v) is 3.92. The van der Waals surface area contributed by atoms with Gasteiger partial charge >= 0.3 is 0 Å². The van der Waals surface area contributed by atoms with E-state index in [-0.39, 0.29) is 38.7 Å². The van der Waals surface area contributed by atoms with Crippen LogP contribution in [0, 0.1) is 0 Å². The minimum atomic E-state index is -0.895. The molecule has 3 heterocycles. The van der Waals surface area contributed by atoms with E-state index in [0.717, 1.165) is 0 Å². The highest BCUT2D eigenvalue weighted by atomic mass is 35.5. The maximum atomic E-state index is 13.0. The van der Waals surface area contributed by atoms with E-state index < -0.39 is 17.6 Å². The summed E-state index contributed by atoms with van der Waals surface area (Å²) in [5.74, 6) is -1.81. The SMILES string of the molecule is C=Cc1cc(NC(=O)Cn2cc(-c3cc(Cl)c(O)c(C(N)=O)c3)c3c(=O)n(C)cnc32)c(Cl)cn1. The van der Waals surface area contributed by atoms with Crippen molar-refractivity contribution < 1.29 is 14.7 Å². The number of fused-ring (bicyclic) bond motifs is 1. The third-order valence-electron chi connectivity index (χ3n) is 5.25. The van der Waals surface area contributed by atoms with Crippen LogP contribution in [0.15, 0.2) is 48.3 Å². The van der Waals surface area contributed by atoms with E-state index in [4.69, 9.17) is 28.9 Å². The number of hydrogen-bond donors (Lipinski definition) is 3. The molecule has 12 heteroatoms. The van der Waals surface area contributed by atoms with E-state index in [1.165, 1.54) is 53.1 Å². The molecule has 4 N–H and O–H groups in total. The molecular weight excluding hydrogens is 495 g/mol. The van der Waals surface area contributed by atoms with Crippen LogP contribution in [0.1, 0.15) is 16.1 Å². The van der Waals surface area contributed by atoms with Gasteiger partial charge in [0.1, 0.15) is 17.9 Å². The lowest BCUT2D eigenvalue weighted by atomic mass is 10.0. The average molecular weight is 513 g/mol. The molecule has 0 atom stereocenters. The molecule has 0 bridgehead atoms. The lowest BCUT2D eigenvalue weighted by molar-refractivity contribution is -0.116. The monoisotopic (exact) mass is 512 g/mol. The van der Waals surface area contributed by atoms with Crippen LogP contribution in [0.4, 0.5) is 5.69 Å². The zero-order valence-corrected chi connectivity index (χ0v) is 19.8. The molecule has 2 amide bonds. The number of rotatable bonds is 6. The molecule has 0 fully saturated rings. The van der Waals surface area contributed by atoms with Gasteiger partial charge in [-0.05, 0) is 29.8 Å². The maximum absolute atomic E-state index is 13.0. The van der Waals surface area contributed by atoms with Crippen molar-refractivity contribution in [3.63, 3.8) is 0 Å². The number of halogens is 2. The number of nitrogens with one attached hydrogen (secondary N) is 1. The Balaban J connectivity index is 1.81. The van der Waals surface area contributed by atoms with Crippen LogP contribution >= 0.6 is 23.2 Å². The van der Waals surface area contributed by atoms with E-state index in [2.05, 4.69) is 21.9 Å². The molecule has 0 saturated heterocycles. The number of amides is 2. The second-order valence-corrected chi connectivity index (χ2v) is 8.40. The first-order valence-electron chi connectivity index (χ1n) is 10.1. The highest BCUT2D eigenvalue weighted by Crippen LogP contribution is 2.36. The van der Waals surface area contributed by atoms with Gasteiger partial charge in [0, 0.05) is 25.0 Å². The summed E-state index contributed by atoms with van der Waals surface area (Å²) in [5, 5.41) is 13.1. The summed E-state index contributed by atoms with van der Waals surface area (Å²) in [6.07, 6.45) is 5.78. The van der Waals surface area contributed by atoms with E-state index in [1.807, 2.05) is 0 Å². The Morgan fingerprint density at radius 1 is 1.23 bits per heavy atom. The molecule has 0 saturated carbocycles. The van der Waals surface area contributed by atoms with E-state index in [1.54, 1.807) is 6.07 Å². The Kier molecular flexibility index (Phi) is 6.33.